The van der Waals surface area contributed by atoms with Crippen LogP contribution in [0.1, 0.15) is 46.7 Å². The summed E-state index contributed by atoms with van der Waals surface area (Å²) in [6, 6.07) is 0. The van der Waals surface area contributed by atoms with Gasteiger partial charge in [-0.2, -0.15) is 0 Å². The molecular formula is C15H22. The average Bonchev–Trinajstić information content (AvgIpc) is 2.24. The van der Waals surface area contributed by atoms with Crippen LogP contribution in [0.25, 0.3) is 6.08 Å². The van der Waals surface area contributed by atoms with E-state index in [4.69, 9.17) is 0 Å². The number of rotatable bonds is 2. The Hall–Kier alpha value is -1.04. The second-order valence-electron chi connectivity index (χ2n) is 4.35. The predicted molar refractivity (Wildman–Crippen MR) is 69.5 cm³/mol. The Morgan fingerprint density at radius 1 is 0.733 bits per heavy atom. The van der Waals surface area contributed by atoms with E-state index in [0.717, 1.165) is 6.42 Å². The highest BCUT2D eigenvalue weighted by Gasteiger charge is 2.09. The zero-order valence-electron chi connectivity index (χ0n) is 10.9. The van der Waals surface area contributed by atoms with E-state index in [-0.39, 0.29) is 0 Å². The smallest absolute Gasteiger partial charge is 0.0196 e. The lowest BCUT2D eigenvalue weighted by Gasteiger charge is -2.16. The van der Waals surface area contributed by atoms with E-state index < -0.39 is 0 Å². The van der Waals surface area contributed by atoms with Crippen LogP contribution >= 0.6 is 0 Å². The molecule has 0 heterocycles. The maximum atomic E-state index is 2.27. The van der Waals surface area contributed by atoms with Crippen molar-refractivity contribution in [2.24, 2.45) is 0 Å². The van der Waals surface area contributed by atoms with Gasteiger partial charge in [0.1, 0.15) is 0 Å². The monoisotopic (exact) mass is 202 g/mol. The van der Waals surface area contributed by atoms with Gasteiger partial charge in [0.05, 0.1) is 0 Å². The average molecular weight is 202 g/mol. The molecule has 0 saturated carbocycles. The summed E-state index contributed by atoms with van der Waals surface area (Å²) in [5.74, 6) is 0. The Morgan fingerprint density at radius 3 is 1.53 bits per heavy atom. The van der Waals surface area contributed by atoms with Gasteiger partial charge in [0, 0.05) is 0 Å². The van der Waals surface area contributed by atoms with Gasteiger partial charge < -0.3 is 0 Å². The van der Waals surface area contributed by atoms with Crippen molar-refractivity contribution in [1.82, 2.24) is 0 Å². The first-order chi connectivity index (χ1) is 7.00. The standard InChI is InChI=1S/C15H22/c1-7-8-9-15-13(5)11(3)10(2)12(4)14(15)6/h8-9H,7H2,1-6H3. The zero-order chi connectivity index (χ0) is 11.6. The van der Waals surface area contributed by atoms with Crippen LogP contribution in [0.5, 0.6) is 0 Å². The second kappa shape index (κ2) is 4.65. The molecule has 0 spiro atoms. The van der Waals surface area contributed by atoms with Crippen molar-refractivity contribution < 1.29 is 0 Å². The first-order valence-corrected chi connectivity index (χ1v) is 5.74. The molecule has 0 amide bonds. The van der Waals surface area contributed by atoms with Crippen LogP contribution in [-0.2, 0) is 0 Å². The van der Waals surface area contributed by atoms with Crippen LogP contribution in [0.4, 0.5) is 0 Å². The lowest BCUT2D eigenvalue weighted by molar-refractivity contribution is 1.16. The topological polar surface area (TPSA) is 0 Å². The van der Waals surface area contributed by atoms with Gasteiger partial charge >= 0.3 is 0 Å². The summed E-state index contributed by atoms with van der Waals surface area (Å²) in [6.45, 7) is 13.3. The van der Waals surface area contributed by atoms with Crippen LogP contribution in [0.15, 0.2) is 6.08 Å². The molecule has 0 fully saturated rings. The minimum Gasteiger partial charge on any atom is -0.0842 e. The molecule has 1 rings (SSSR count). The zero-order valence-corrected chi connectivity index (χ0v) is 10.9. The Labute approximate surface area is 94.0 Å². The molecule has 0 radical (unpaired) electrons. The Bertz CT molecular complexity index is 366. The molecule has 0 aliphatic heterocycles. The van der Waals surface area contributed by atoms with E-state index in [9.17, 15) is 0 Å². The van der Waals surface area contributed by atoms with Gasteiger partial charge in [-0.25, -0.2) is 0 Å². The maximum Gasteiger partial charge on any atom is -0.0196 e. The maximum absolute atomic E-state index is 2.27. The third kappa shape index (κ3) is 2.14. The lowest BCUT2D eigenvalue weighted by atomic mass is 9.89. The van der Waals surface area contributed by atoms with Crippen molar-refractivity contribution in [2.45, 2.75) is 48.0 Å². The number of hydrogen-bond donors (Lipinski definition) is 0. The molecular weight excluding hydrogens is 180 g/mol. The van der Waals surface area contributed by atoms with Crippen molar-refractivity contribution >= 4 is 6.08 Å². The SMILES string of the molecule is CCC=Cc1c(C)c(C)c(C)c(C)c1C. The van der Waals surface area contributed by atoms with Crippen molar-refractivity contribution in [1.29, 1.82) is 0 Å². The summed E-state index contributed by atoms with van der Waals surface area (Å²) in [6.07, 6.45) is 5.61. The van der Waals surface area contributed by atoms with Crippen molar-refractivity contribution in [3.8, 4) is 0 Å². The molecule has 0 aromatic heterocycles. The molecule has 0 bridgehead atoms. The molecule has 0 saturated heterocycles. The van der Waals surface area contributed by atoms with Gasteiger partial charge in [0.25, 0.3) is 0 Å². The molecule has 0 aliphatic carbocycles. The van der Waals surface area contributed by atoms with Gasteiger partial charge in [-0.1, -0.05) is 19.1 Å². The number of hydrogen-bond acceptors (Lipinski definition) is 0. The molecule has 0 unspecified atom stereocenters. The van der Waals surface area contributed by atoms with E-state index in [1.807, 2.05) is 0 Å². The molecule has 82 valence electrons. The summed E-state index contributed by atoms with van der Waals surface area (Å²) < 4.78 is 0. The minimum absolute atomic E-state index is 1.10. The summed E-state index contributed by atoms with van der Waals surface area (Å²) >= 11 is 0. The van der Waals surface area contributed by atoms with Crippen LogP contribution < -0.4 is 0 Å². The highest BCUT2D eigenvalue weighted by Crippen LogP contribution is 2.26. The van der Waals surface area contributed by atoms with Gasteiger partial charge in [-0.3, -0.25) is 0 Å². The number of allylic oxidation sites excluding steroid dienone is 1. The predicted octanol–water partition coefficient (Wildman–Crippen LogP) is 4.65. The van der Waals surface area contributed by atoms with E-state index >= 15 is 0 Å². The fourth-order valence-electron chi connectivity index (χ4n) is 2.01. The van der Waals surface area contributed by atoms with Crippen LogP contribution in [0.3, 0.4) is 0 Å². The Morgan fingerprint density at radius 2 is 1.13 bits per heavy atom. The van der Waals surface area contributed by atoms with Gasteiger partial charge in [-0.15, -0.1) is 0 Å². The van der Waals surface area contributed by atoms with Gasteiger partial charge in [-0.05, 0) is 74.4 Å². The third-order valence-corrected chi connectivity index (χ3v) is 3.58. The third-order valence-electron chi connectivity index (χ3n) is 3.58. The van der Waals surface area contributed by atoms with Crippen LogP contribution in [0, 0.1) is 34.6 Å². The summed E-state index contributed by atoms with van der Waals surface area (Å²) in [5.41, 5.74) is 8.60. The van der Waals surface area contributed by atoms with Crippen molar-refractivity contribution in [3.63, 3.8) is 0 Å². The van der Waals surface area contributed by atoms with Gasteiger partial charge in [0.2, 0.25) is 0 Å². The van der Waals surface area contributed by atoms with Gasteiger partial charge in [0.15, 0.2) is 0 Å². The fraction of sp³-hybridized carbons (Fsp3) is 0.467. The van der Waals surface area contributed by atoms with Crippen molar-refractivity contribution in [2.75, 3.05) is 0 Å². The Balaban J connectivity index is 3.45. The molecule has 15 heavy (non-hydrogen) atoms. The van der Waals surface area contributed by atoms with E-state index in [1.165, 1.54) is 33.4 Å². The molecule has 0 aliphatic rings. The summed E-state index contributed by atoms with van der Waals surface area (Å²) in [4.78, 5) is 0. The van der Waals surface area contributed by atoms with E-state index in [0.29, 0.717) is 0 Å². The summed E-state index contributed by atoms with van der Waals surface area (Å²) in [5, 5.41) is 0. The highest BCUT2D eigenvalue weighted by molar-refractivity contribution is 5.63. The normalized spacial score (nSPS) is 11.3. The van der Waals surface area contributed by atoms with Crippen LogP contribution in [0.2, 0.25) is 0 Å². The second-order valence-corrected chi connectivity index (χ2v) is 4.35. The fourth-order valence-corrected chi connectivity index (χ4v) is 2.01. The first kappa shape index (κ1) is 12.0. The van der Waals surface area contributed by atoms with E-state index in [1.54, 1.807) is 0 Å². The quantitative estimate of drug-likeness (QED) is 0.654. The van der Waals surface area contributed by atoms with Crippen LogP contribution in [-0.4, -0.2) is 0 Å². The largest absolute Gasteiger partial charge is 0.0842 e. The highest BCUT2D eigenvalue weighted by atomic mass is 14.1. The minimum atomic E-state index is 1.10. The first-order valence-electron chi connectivity index (χ1n) is 5.74. The van der Waals surface area contributed by atoms with Crippen molar-refractivity contribution in [3.05, 3.63) is 39.5 Å². The molecule has 0 atom stereocenters. The molecule has 1 aromatic rings. The number of benzene rings is 1. The lowest BCUT2D eigenvalue weighted by Crippen LogP contribution is -1.98. The molecule has 0 N–H and O–H groups in total. The molecule has 1 aromatic carbocycles. The molecule has 0 heteroatoms. The van der Waals surface area contributed by atoms with E-state index in [2.05, 4.69) is 53.7 Å². The Kier molecular flexibility index (Phi) is 3.73. The summed E-state index contributed by atoms with van der Waals surface area (Å²) in [7, 11) is 0. The molecule has 0 nitrogen and oxygen atoms in total.